The van der Waals surface area contributed by atoms with Crippen LogP contribution in [0, 0.1) is 0 Å². The van der Waals surface area contributed by atoms with E-state index >= 15 is 0 Å². The molecular formula is C14H17F3N2OS. The van der Waals surface area contributed by atoms with Gasteiger partial charge in [-0.2, -0.15) is 24.9 Å². The molecule has 1 N–H and O–H groups in total. The standard InChI is InChI=1S/C14H17F3N2OS/c15-14(16,17)12-3-1-11(2-4-12)5-6-18-13(20)19-7-9-21-10-8-19/h1-4H,5-10H2,(H,18,20). The maximum absolute atomic E-state index is 12.4. The number of nitrogens with one attached hydrogen (secondary N) is 1. The summed E-state index contributed by atoms with van der Waals surface area (Å²) in [5, 5.41) is 2.80. The van der Waals surface area contributed by atoms with Crippen molar-refractivity contribution in [3.63, 3.8) is 0 Å². The minimum Gasteiger partial charge on any atom is -0.338 e. The van der Waals surface area contributed by atoms with Crippen molar-refractivity contribution in [2.24, 2.45) is 0 Å². The van der Waals surface area contributed by atoms with E-state index in [0.717, 1.165) is 42.3 Å². The first-order valence-corrected chi connectivity index (χ1v) is 7.89. The van der Waals surface area contributed by atoms with Gasteiger partial charge in [-0.1, -0.05) is 12.1 Å². The van der Waals surface area contributed by atoms with Crippen LogP contribution >= 0.6 is 11.8 Å². The van der Waals surface area contributed by atoms with Crippen LogP contribution in [0.15, 0.2) is 24.3 Å². The molecule has 0 unspecified atom stereocenters. The Labute approximate surface area is 125 Å². The first-order valence-electron chi connectivity index (χ1n) is 6.73. The monoisotopic (exact) mass is 318 g/mol. The fourth-order valence-corrected chi connectivity index (χ4v) is 2.96. The third-order valence-corrected chi connectivity index (χ3v) is 4.21. The van der Waals surface area contributed by atoms with Gasteiger partial charge in [-0.15, -0.1) is 0 Å². The van der Waals surface area contributed by atoms with Gasteiger partial charge in [0.15, 0.2) is 0 Å². The minimum absolute atomic E-state index is 0.0952. The Hall–Kier alpha value is -1.37. The van der Waals surface area contributed by atoms with Gasteiger partial charge in [0.1, 0.15) is 0 Å². The Balaban J connectivity index is 1.76. The van der Waals surface area contributed by atoms with Gasteiger partial charge >= 0.3 is 12.2 Å². The second kappa shape index (κ2) is 7.06. The zero-order chi connectivity index (χ0) is 15.3. The number of rotatable bonds is 3. The van der Waals surface area contributed by atoms with Gasteiger partial charge in [-0.25, -0.2) is 4.79 Å². The van der Waals surface area contributed by atoms with Crippen LogP contribution < -0.4 is 5.32 Å². The smallest absolute Gasteiger partial charge is 0.338 e. The van der Waals surface area contributed by atoms with Crippen LogP contribution in [0.1, 0.15) is 11.1 Å². The zero-order valence-corrected chi connectivity index (χ0v) is 12.3. The summed E-state index contributed by atoms with van der Waals surface area (Å²) in [4.78, 5) is 13.6. The molecule has 0 saturated carbocycles. The number of halogens is 3. The van der Waals surface area contributed by atoms with Crippen LogP contribution in [0.5, 0.6) is 0 Å². The highest BCUT2D eigenvalue weighted by Crippen LogP contribution is 2.29. The van der Waals surface area contributed by atoms with Crippen molar-refractivity contribution in [2.75, 3.05) is 31.1 Å². The molecule has 0 bridgehead atoms. The number of urea groups is 1. The lowest BCUT2D eigenvalue weighted by Crippen LogP contribution is -2.44. The van der Waals surface area contributed by atoms with E-state index in [9.17, 15) is 18.0 Å². The minimum atomic E-state index is -4.31. The summed E-state index contributed by atoms with van der Waals surface area (Å²) >= 11 is 1.83. The van der Waals surface area contributed by atoms with Gasteiger partial charge < -0.3 is 10.2 Å². The molecule has 1 aromatic carbocycles. The van der Waals surface area contributed by atoms with E-state index in [4.69, 9.17) is 0 Å². The van der Waals surface area contributed by atoms with Crippen molar-refractivity contribution in [2.45, 2.75) is 12.6 Å². The van der Waals surface area contributed by atoms with Crippen LogP contribution in [0.2, 0.25) is 0 Å². The zero-order valence-electron chi connectivity index (χ0n) is 11.4. The second-order valence-electron chi connectivity index (χ2n) is 4.78. The highest BCUT2D eigenvalue weighted by Gasteiger charge is 2.29. The van der Waals surface area contributed by atoms with Gasteiger partial charge in [0.2, 0.25) is 0 Å². The molecule has 1 fully saturated rings. The number of nitrogens with zero attached hydrogens (tertiary/aromatic N) is 1. The van der Waals surface area contributed by atoms with Crippen molar-refractivity contribution in [3.8, 4) is 0 Å². The Morgan fingerprint density at radius 3 is 2.38 bits per heavy atom. The Morgan fingerprint density at radius 1 is 1.19 bits per heavy atom. The molecule has 1 saturated heterocycles. The lowest BCUT2D eigenvalue weighted by molar-refractivity contribution is -0.137. The number of hydrogen-bond donors (Lipinski definition) is 1. The third-order valence-electron chi connectivity index (χ3n) is 3.27. The van der Waals surface area contributed by atoms with Crippen LogP contribution in [0.3, 0.4) is 0 Å². The SMILES string of the molecule is O=C(NCCc1ccc(C(F)(F)F)cc1)N1CCSCC1. The van der Waals surface area contributed by atoms with Crippen molar-refractivity contribution in [3.05, 3.63) is 35.4 Å². The second-order valence-corrected chi connectivity index (χ2v) is 6.00. The van der Waals surface area contributed by atoms with Gasteiger partial charge in [-0.3, -0.25) is 0 Å². The molecular weight excluding hydrogens is 301 g/mol. The van der Waals surface area contributed by atoms with Crippen molar-refractivity contribution >= 4 is 17.8 Å². The van der Waals surface area contributed by atoms with Crippen molar-refractivity contribution < 1.29 is 18.0 Å². The normalized spacial score (nSPS) is 15.9. The van der Waals surface area contributed by atoms with Gasteiger partial charge in [-0.05, 0) is 24.1 Å². The molecule has 3 nitrogen and oxygen atoms in total. The quantitative estimate of drug-likeness (QED) is 0.929. The molecule has 1 aliphatic rings. The fraction of sp³-hybridized carbons (Fsp3) is 0.500. The van der Waals surface area contributed by atoms with Gasteiger partial charge in [0, 0.05) is 31.1 Å². The Kier molecular flexibility index (Phi) is 5.39. The largest absolute Gasteiger partial charge is 0.416 e. The molecule has 1 aliphatic heterocycles. The van der Waals surface area contributed by atoms with E-state index in [2.05, 4.69) is 5.32 Å². The molecule has 0 aromatic heterocycles. The van der Waals surface area contributed by atoms with E-state index < -0.39 is 11.7 Å². The van der Waals surface area contributed by atoms with E-state index in [0.29, 0.717) is 13.0 Å². The number of carbonyl (C=O) groups excluding carboxylic acids is 1. The first kappa shape index (κ1) is 16.0. The molecule has 0 spiro atoms. The topological polar surface area (TPSA) is 32.3 Å². The van der Waals surface area contributed by atoms with E-state index in [-0.39, 0.29) is 6.03 Å². The van der Waals surface area contributed by atoms with Crippen LogP contribution in [-0.4, -0.2) is 42.1 Å². The summed E-state index contributed by atoms with van der Waals surface area (Å²) in [5.74, 6) is 1.90. The number of benzene rings is 1. The highest BCUT2D eigenvalue weighted by molar-refractivity contribution is 7.99. The number of carbonyl (C=O) groups is 1. The molecule has 7 heteroatoms. The summed E-state index contributed by atoms with van der Waals surface area (Å²) in [6, 6.07) is 4.94. The molecule has 2 amide bonds. The Morgan fingerprint density at radius 2 is 1.81 bits per heavy atom. The molecule has 0 radical (unpaired) electrons. The molecule has 0 atom stereocenters. The van der Waals surface area contributed by atoms with Crippen molar-refractivity contribution in [1.29, 1.82) is 0 Å². The molecule has 0 aliphatic carbocycles. The molecule has 1 heterocycles. The maximum Gasteiger partial charge on any atom is 0.416 e. The van der Waals surface area contributed by atoms with Crippen LogP contribution in [0.4, 0.5) is 18.0 Å². The summed E-state index contributed by atoms with van der Waals surface area (Å²) < 4.78 is 37.3. The fourth-order valence-electron chi connectivity index (χ4n) is 2.05. The van der Waals surface area contributed by atoms with Gasteiger partial charge in [0.25, 0.3) is 0 Å². The number of alkyl halides is 3. The predicted octanol–water partition coefficient (Wildman–Crippen LogP) is 3.01. The summed E-state index contributed by atoms with van der Waals surface area (Å²) in [6.07, 6.45) is -3.79. The highest BCUT2D eigenvalue weighted by atomic mass is 32.2. The van der Waals surface area contributed by atoms with E-state index in [1.54, 1.807) is 4.90 Å². The summed E-state index contributed by atoms with van der Waals surface area (Å²) in [6.45, 7) is 1.92. The number of thioether (sulfide) groups is 1. The first-order chi connectivity index (χ1) is 9.97. The van der Waals surface area contributed by atoms with Crippen molar-refractivity contribution in [1.82, 2.24) is 10.2 Å². The lowest BCUT2D eigenvalue weighted by atomic mass is 10.1. The molecule has 116 valence electrons. The van der Waals surface area contributed by atoms with Crippen LogP contribution in [0.25, 0.3) is 0 Å². The van der Waals surface area contributed by atoms with E-state index in [1.165, 1.54) is 12.1 Å². The van der Waals surface area contributed by atoms with Crippen LogP contribution in [-0.2, 0) is 12.6 Å². The average molecular weight is 318 g/mol. The third kappa shape index (κ3) is 4.84. The average Bonchev–Trinajstić information content (AvgIpc) is 2.47. The number of hydrogen-bond acceptors (Lipinski definition) is 2. The maximum atomic E-state index is 12.4. The Bertz CT molecular complexity index is 470. The molecule has 2 rings (SSSR count). The lowest BCUT2D eigenvalue weighted by Gasteiger charge is -2.26. The predicted molar refractivity (Wildman–Crippen MR) is 77.4 cm³/mol. The van der Waals surface area contributed by atoms with Gasteiger partial charge in [0.05, 0.1) is 5.56 Å². The summed E-state index contributed by atoms with van der Waals surface area (Å²) in [5.41, 5.74) is 0.124. The number of amides is 2. The molecule has 21 heavy (non-hydrogen) atoms. The summed E-state index contributed by atoms with van der Waals surface area (Å²) in [7, 11) is 0. The molecule has 1 aromatic rings. The van der Waals surface area contributed by atoms with E-state index in [1.807, 2.05) is 11.8 Å².